The Morgan fingerprint density at radius 2 is 2.16 bits per heavy atom. The van der Waals surface area contributed by atoms with Crippen molar-refractivity contribution in [3.63, 3.8) is 0 Å². The Labute approximate surface area is 117 Å². The van der Waals surface area contributed by atoms with Crippen molar-refractivity contribution in [2.75, 3.05) is 18.8 Å². The molecule has 1 aliphatic heterocycles. The van der Waals surface area contributed by atoms with Gasteiger partial charge in [0, 0.05) is 29.7 Å². The lowest BCUT2D eigenvalue weighted by Crippen LogP contribution is -2.31. The van der Waals surface area contributed by atoms with E-state index in [0.29, 0.717) is 35.3 Å². The number of nitrogens with two attached hydrogens (primary N) is 1. The van der Waals surface area contributed by atoms with Gasteiger partial charge in [-0.25, -0.2) is 0 Å². The lowest BCUT2D eigenvalue weighted by atomic mass is 10.00. The smallest absolute Gasteiger partial charge is 0.256 e. The van der Waals surface area contributed by atoms with Crippen molar-refractivity contribution < 1.29 is 9.90 Å². The first-order valence-electron chi connectivity index (χ1n) is 6.58. The second kappa shape index (κ2) is 4.69. The maximum atomic E-state index is 12.5. The van der Waals surface area contributed by atoms with Crippen molar-refractivity contribution >= 4 is 23.2 Å². The third-order valence-corrected chi connectivity index (χ3v) is 4.59. The number of benzene rings is 1. The fraction of sp³-hybridized carbons (Fsp3) is 0.500. The Morgan fingerprint density at radius 1 is 1.37 bits per heavy atom. The van der Waals surface area contributed by atoms with Gasteiger partial charge in [-0.15, -0.1) is 0 Å². The van der Waals surface area contributed by atoms with Crippen LogP contribution in [0, 0.1) is 11.8 Å². The highest BCUT2D eigenvalue weighted by Crippen LogP contribution is 2.38. The van der Waals surface area contributed by atoms with Crippen molar-refractivity contribution in [2.45, 2.75) is 18.9 Å². The second-order valence-electron chi connectivity index (χ2n) is 5.51. The van der Waals surface area contributed by atoms with Gasteiger partial charge < -0.3 is 15.7 Å². The molecule has 0 aromatic heterocycles. The summed E-state index contributed by atoms with van der Waals surface area (Å²) in [6, 6.07) is 4.95. The Morgan fingerprint density at radius 3 is 2.89 bits per heavy atom. The highest BCUT2D eigenvalue weighted by atomic mass is 35.5. The molecular weight excluding hydrogens is 264 g/mol. The Balaban J connectivity index is 1.80. The molecule has 0 radical (unpaired) electrons. The van der Waals surface area contributed by atoms with Gasteiger partial charge in [0.05, 0.1) is 11.7 Å². The molecule has 5 heteroatoms. The zero-order chi connectivity index (χ0) is 13.6. The van der Waals surface area contributed by atoms with E-state index in [1.54, 1.807) is 23.1 Å². The number of rotatable bonds is 1. The van der Waals surface area contributed by atoms with E-state index >= 15 is 0 Å². The highest BCUT2D eigenvalue weighted by molar-refractivity contribution is 6.31. The van der Waals surface area contributed by atoms with Crippen molar-refractivity contribution in [3.8, 4) is 0 Å². The summed E-state index contributed by atoms with van der Waals surface area (Å²) in [5.74, 6) is 0.574. The van der Waals surface area contributed by atoms with E-state index < -0.39 is 0 Å². The normalized spacial score (nSPS) is 29.6. The van der Waals surface area contributed by atoms with Crippen LogP contribution in [0.5, 0.6) is 0 Å². The molecule has 3 atom stereocenters. The van der Waals surface area contributed by atoms with E-state index in [1.807, 2.05) is 0 Å². The van der Waals surface area contributed by atoms with Gasteiger partial charge in [0.2, 0.25) is 0 Å². The van der Waals surface area contributed by atoms with Crippen LogP contribution in [0.1, 0.15) is 23.2 Å². The first-order valence-corrected chi connectivity index (χ1v) is 6.96. The number of likely N-dealkylation sites (tertiary alicyclic amines) is 1. The molecule has 1 saturated carbocycles. The summed E-state index contributed by atoms with van der Waals surface area (Å²) in [4.78, 5) is 14.3. The van der Waals surface area contributed by atoms with E-state index in [0.717, 1.165) is 12.8 Å². The van der Waals surface area contributed by atoms with Crippen LogP contribution in [0.4, 0.5) is 5.69 Å². The number of hydrogen-bond donors (Lipinski definition) is 2. The molecule has 1 aromatic carbocycles. The maximum absolute atomic E-state index is 12.5. The van der Waals surface area contributed by atoms with Gasteiger partial charge in [-0.2, -0.15) is 0 Å². The minimum Gasteiger partial charge on any atom is -0.398 e. The monoisotopic (exact) mass is 280 g/mol. The highest BCUT2D eigenvalue weighted by Gasteiger charge is 2.43. The average Bonchev–Trinajstić information content (AvgIpc) is 2.94. The van der Waals surface area contributed by atoms with E-state index in [1.165, 1.54) is 0 Å². The number of nitrogen functional groups attached to an aromatic ring is 1. The summed E-state index contributed by atoms with van der Waals surface area (Å²) in [7, 11) is 0. The molecule has 2 fully saturated rings. The summed E-state index contributed by atoms with van der Waals surface area (Å²) in [6.07, 6.45) is 1.59. The van der Waals surface area contributed by atoms with Crippen LogP contribution in [0.3, 0.4) is 0 Å². The number of carbonyl (C=O) groups is 1. The van der Waals surface area contributed by atoms with Crippen molar-refractivity contribution in [3.05, 3.63) is 28.8 Å². The van der Waals surface area contributed by atoms with Crippen LogP contribution < -0.4 is 5.73 Å². The predicted molar refractivity (Wildman–Crippen MR) is 74.0 cm³/mol. The van der Waals surface area contributed by atoms with Gasteiger partial charge in [-0.1, -0.05) is 11.6 Å². The summed E-state index contributed by atoms with van der Waals surface area (Å²) < 4.78 is 0. The second-order valence-corrected chi connectivity index (χ2v) is 5.95. The van der Waals surface area contributed by atoms with Gasteiger partial charge in [0.25, 0.3) is 5.91 Å². The van der Waals surface area contributed by atoms with E-state index in [9.17, 15) is 9.90 Å². The molecule has 19 heavy (non-hydrogen) atoms. The number of anilines is 1. The molecule has 1 heterocycles. The number of amides is 1. The summed E-state index contributed by atoms with van der Waals surface area (Å²) in [5.41, 5.74) is 6.76. The van der Waals surface area contributed by atoms with Crippen LogP contribution in [-0.2, 0) is 0 Å². The molecule has 1 saturated heterocycles. The van der Waals surface area contributed by atoms with Crippen molar-refractivity contribution in [1.29, 1.82) is 0 Å². The van der Waals surface area contributed by atoms with E-state index in [-0.39, 0.29) is 17.9 Å². The summed E-state index contributed by atoms with van der Waals surface area (Å²) >= 11 is 5.92. The number of aliphatic hydroxyl groups excluding tert-OH is 1. The summed E-state index contributed by atoms with van der Waals surface area (Å²) in [5, 5.41) is 10.4. The fourth-order valence-electron chi connectivity index (χ4n) is 3.29. The molecule has 3 N–H and O–H groups in total. The van der Waals surface area contributed by atoms with Crippen LogP contribution in [-0.4, -0.2) is 35.1 Å². The molecule has 2 aliphatic rings. The van der Waals surface area contributed by atoms with Gasteiger partial charge in [-0.05, 0) is 37.0 Å². The van der Waals surface area contributed by atoms with Crippen LogP contribution >= 0.6 is 11.6 Å². The number of nitrogens with zero attached hydrogens (tertiary/aromatic N) is 1. The molecule has 3 rings (SSSR count). The zero-order valence-corrected chi connectivity index (χ0v) is 11.3. The molecule has 1 aromatic rings. The van der Waals surface area contributed by atoms with Crippen molar-refractivity contribution in [2.24, 2.45) is 11.8 Å². The molecular formula is C14H17ClN2O2. The molecule has 4 nitrogen and oxygen atoms in total. The standard InChI is InChI=1S/C14H17ClN2O2/c15-9-2-3-12(16)10(5-9)14(19)17-6-8-1-4-13(18)11(8)7-17/h2-3,5,8,11,13,18H,1,4,6-7,16H2. The van der Waals surface area contributed by atoms with Gasteiger partial charge in [-0.3, -0.25) is 4.79 Å². The average molecular weight is 281 g/mol. The number of fused-ring (bicyclic) bond motifs is 1. The molecule has 1 aliphatic carbocycles. The first kappa shape index (κ1) is 12.8. The van der Waals surface area contributed by atoms with E-state index in [2.05, 4.69) is 0 Å². The van der Waals surface area contributed by atoms with Gasteiger partial charge >= 0.3 is 0 Å². The summed E-state index contributed by atoms with van der Waals surface area (Å²) in [6.45, 7) is 1.34. The Bertz CT molecular complexity index is 520. The third-order valence-electron chi connectivity index (χ3n) is 4.35. The van der Waals surface area contributed by atoms with Gasteiger partial charge in [0.1, 0.15) is 0 Å². The molecule has 0 spiro atoms. The minimum atomic E-state index is -0.264. The van der Waals surface area contributed by atoms with Gasteiger partial charge in [0.15, 0.2) is 0 Å². The number of hydrogen-bond acceptors (Lipinski definition) is 3. The number of aliphatic hydroxyl groups is 1. The van der Waals surface area contributed by atoms with Crippen LogP contribution in [0.25, 0.3) is 0 Å². The fourth-order valence-corrected chi connectivity index (χ4v) is 3.46. The molecule has 1 amide bonds. The molecule has 0 bridgehead atoms. The molecule has 102 valence electrons. The largest absolute Gasteiger partial charge is 0.398 e. The number of carbonyl (C=O) groups excluding carboxylic acids is 1. The molecule has 3 unspecified atom stereocenters. The topological polar surface area (TPSA) is 66.6 Å². The zero-order valence-electron chi connectivity index (χ0n) is 10.6. The Kier molecular flexibility index (Phi) is 3.15. The SMILES string of the molecule is Nc1ccc(Cl)cc1C(=O)N1CC2CCC(O)C2C1. The third kappa shape index (κ3) is 2.19. The van der Waals surface area contributed by atoms with Crippen LogP contribution in [0.15, 0.2) is 18.2 Å². The minimum absolute atomic E-state index is 0.0819. The maximum Gasteiger partial charge on any atom is 0.256 e. The Hall–Kier alpha value is -1.26. The first-order chi connectivity index (χ1) is 9.06. The van der Waals surface area contributed by atoms with Crippen molar-refractivity contribution in [1.82, 2.24) is 4.90 Å². The lowest BCUT2D eigenvalue weighted by Gasteiger charge is -2.19. The number of halogens is 1. The predicted octanol–water partition coefficient (Wildman–Crippen LogP) is 1.77. The van der Waals surface area contributed by atoms with Crippen LogP contribution in [0.2, 0.25) is 5.02 Å². The quantitative estimate of drug-likeness (QED) is 0.771. The van der Waals surface area contributed by atoms with E-state index in [4.69, 9.17) is 17.3 Å². The lowest BCUT2D eigenvalue weighted by molar-refractivity contribution is 0.0753.